The number of rotatable bonds is 8. The molecule has 0 aromatic heterocycles. The second-order valence-electron chi connectivity index (χ2n) is 5.01. The molecule has 0 saturated heterocycles. The molecule has 4 heteroatoms. The normalized spacial score (nSPS) is 10.2. The molecule has 0 spiro atoms. The smallest absolute Gasteiger partial charge is 0.397 e. The van der Waals surface area contributed by atoms with Gasteiger partial charge in [-0.1, -0.05) is 57.7 Å². The maximum atomic E-state index is 11.8. The fourth-order valence-electron chi connectivity index (χ4n) is 2.06. The molecule has 0 bridgehead atoms. The molecule has 0 radical (unpaired) electrons. The molecule has 0 atom stereocenters. The van der Waals surface area contributed by atoms with Gasteiger partial charge in [0.2, 0.25) is 0 Å². The van der Waals surface area contributed by atoms with E-state index in [-0.39, 0.29) is 0 Å². The van der Waals surface area contributed by atoms with Crippen molar-refractivity contribution in [1.29, 1.82) is 0 Å². The van der Waals surface area contributed by atoms with Crippen LogP contribution in [0.5, 0.6) is 0 Å². The van der Waals surface area contributed by atoms with E-state index in [0.29, 0.717) is 12.3 Å². The molecule has 1 amide bonds. The van der Waals surface area contributed by atoms with Gasteiger partial charge in [0.15, 0.2) is 0 Å². The van der Waals surface area contributed by atoms with Gasteiger partial charge in [-0.2, -0.15) is 0 Å². The van der Waals surface area contributed by atoms with Crippen LogP contribution in [0.15, 0.2) is 24.3 Å². The summed E-state index contributed by atoms with van der Waals surface area (Å²) in [6, 6.07) is 7.44. The topological polar surface area (TPSA) is 55.4 Å². The van der Waals surface area contributed by atoms with Crippen molar-refractivity contribution in [2.24, 2.45) is 0 Å². The Labute approximate surface area is 126 Å². The summed E-state index contributed by atoms with van der Waals surface area (Å²) in [6.07, 6.45) is 6.15. The van der Waals surface area contributed by atoms with Gasteiger partial charge in [-0.25, -0.2) is 4.79 Å². The first-order valence-corrected chi connectivity index (χ1v) is 7.75. The van der Waals surface area contributed by atoms with E-state index < -0.39 is 11.9 Å². The quantitative estimate of drug-likeness (QED) is 0.451. The Morgan fingerprint density at radius 3 is 2.48 bits per heavy atom. The molecule has 1 aromatic carbocycles. The van der Waals surface area contributed by atoms with Gasteiger partial charge in [-0.15, -0.1) is 0 Å². The van der Waals surface area contributed by atoms with E-state index in [0.717, 1.165) is 31.2 Å². The molecule has 0 fully saturated rings. The molecular weight excluding hydrogens is 266 g/mol. The Kier molecular flexibility index (Phi) is 8.17. The first-order chi connectivity index (χ1) is 10.2. The van der Waals surface area contributed by atoms with Gasteiger partial charge in [0, 0.05) is 5.69 Å². The zero-order valence-electron chi connectivity index (χ0n) is 13.0. The molecule has 0 unspecified atom stereocenters. The summed E-state index contributed by atoms with van der Waals surface area (Å²) in [7, 11) is 0. The molecule has 4 nitrogen and oxygen atoms in total. The summed E-state index contributed by atoms with van der Waals surface area (Å²) in [6.45, 7) is 4.46. The van der Waals surface area contributed by atoms with E-state index in [2.05, 4.69) is 12.2 Å². The summed E-state index contributed by atoms with van der Waals surface area (Å²) in [5.41, 5.74) is 1.67. The van der Waals surface area contributed by atoms with E-state index in [4.69, 9.17) is 4.74 Å². The molecule has 0 heterocycles. The van der Waals surface area contributed by atoms with Crippen molar-refractivity contribution in [3.8, 4) is 0 Å². The van der Waals surface area contributed by atoms with Gasteiger partial charge < -0.3 is 10.1 Å². The van der Waals surface area contributed by atoms with Crippen molar-refractivity contribution < 1.29 is 14.3 Å². The van der Waals surface area contributed by atoms with Crippen molar-refractivity contribution in [3.63, 3.8) is 0 Å². The van der Waals surface area contributed by atoms with Crippen molar-refractivity contribution >= 4 is 17.6 Å². The lowest BCUT2D eigenvalue weighted by atomic mass is 10.1. The highest BCUT2D eigenvalue weighted by atomic mass is 16.5. The average Bonchev–Trinajstić information content (AvgIpc) is 2.51. The summed E-state index contributed by atoms with van der Waals surface area (Å²) in [5.74, 6) is -1.51. The second-order valence-corrected chi connectivity index (χ2v) is 5.01. The van der Waals surface area contributed by atoms with Gasteiger partial charge >= 0.3 is 11.9 Å². The van der Waals surface area contributed by atoms with Crippen LogP contribution >= 0.6 is 0 Å². The van der Waals surface area contributed by atoms with Crippen LogP contribution in [0, 0.1) is 0 Å². The van der Waals surface area contributed by atoms with Crippen LogP contribution in [0.25, 0.3) is 0 Å². The molecular formula is C17H25NO3. The Balaban J connectivity index is 2.32. The molecule has 0 aliphatic rings. The Morgan fingerprint density at radius 1 is 1.05 bits per heavy atom. The number of benzene rings is 1. The van der Waals surface area contributed by atoms with E-state index in [1.54, 1.807) is 6.07 Å². The third kappa shape index (κ3) is 6.43. The molecule has 0 aliphatic heterocycles. The van der Waals surface area contributed by atoms with Crippen LogP contribution in [0.1, 0.15) is 51.5 Å². The maximum absolute atomic E-state index is 11.8. The lowest BCUT2D eigenvalue weighted by molar-refractivity contribution is -0.152. The molecule has 0 saturated carbocycles. The summed E-state index contributed by atoms with van der Waals surface area (Å²) in [4.78, 5) is 23.4. The Bertz CT molecular complexity index is 457. The minimum atomic E-state index is -0.809. The van der Waals surface area contributed by atoms with E-state index in [1.807, 2.05) is 25.1 Å². The zero-order chi connectivity index (χ0) is 15.5. The van der Waals surface area contributed by atoms with Gasteiger partial charge in [-0.05, 0) is 24.5 Å². The summed E-state index contributed by atoms with van der Waals surface area (Å²) < 4.78 is 4.98. The van der Waals surface area contributed by atoms with Crippen molar-refractivity contribution in [2.75, 3.05) is 11.9 Å². The second kappa shape index (κ2) is 9.97. The highest BCUT2D eigenvalue weighted by molar-refractivity contribution is 6.37. The predicted molar refractivity (Wildman–Crippen MR) is 84.2 cm³/mol. The van der Waals surface area contributed by atoms with E-state index in [9.17, 15) is 9.59 Å². The number of unbranched alkanes of at least 4 members (excludes halogenated alkanes) is 4. The molecule has 1 rings (SSSR count). The lowest BCUT2D eigenvalue weighted by Gasteiger charge is -2.09. The third-order valence-corrected chi connectivity index (χ3v) is 3.31. The van der Waals surface area contributed by atoms with Crippen LogP contribution in [0.4, 0.5) is 5.69 Å². The van der Waals surface area contributed by atoms with Gasteiger partial charge in [0.1, 0.15) is 0 Å². The standard InChI is InChI=1S/C17H25NO3/c1-3-5-6-7-10-13-21-17(20)16(19)18-15-12-9-8-11-14(15)4-2/h8-9,11-12H,3-7,10,13H2,1-2H3,(H,18,19). The number of esters is 1. The molecule has 21 heavy (non-hydrogen) atoms. The largest absolute Gasteiger partial charge is 0.459 e. The van der Waals surface area contributed by atoms with Crippen LogP contribution in [-0.4, -0.2) is 18.5 Å². The van der Waals surface area contributed by atoms with Gasteiger partial charge in [0.05, 0.1) is 6.61 Å². The van der Waals surface area contributed by atoms with Gasteiger partial charge in [-0.3, -0.25) is 4.79 Å². The fourth-order valence-corrected chi connectivity index (χ4v) is 2.06. The van der Waals surface area contributed by atoms with Crippen LogP contribution in [0.2, 0.25) is 0 Å². The van der Waals surface area contributed by atoms with Crippen molar-refractivity contribution in [2.45, 2.75) is 52.4 Å². The lowest BCUT2D eigenvalue weighted by Crippen LogP contribution is -2.25. The van der Waals surface area contributed by atoms with Crippen LogP contribution < -0.4 is 5.32 Å². The average molecular weight is 291 g/mol. The monoisotopic (exact) mass is 291 g/mol. The van der Waals surface area contributed by atoms with Crippen LogP contribution in [-0.2, 0) is 20.7 Å². The number of anilines is 1. The summed E-state index contributed by atoms with van der Waals surface area (Å²) in [5, 5.41) is 2.61. The first-order valence-electron chi connectivity index (χ1n) is 7.75. The number of para-hydroxylation sites is 1. The van der Waals surface area contributed by atoms with Gasteiger partial charge in [0.25, 0.3) is 0 Å². The third-order valence-electron chi connectivity index (χ3n) is 3.31. The highest BCUT2D eigenvalue weighted by Gasteiger charge is 2.16. The Morgan fingerprint density at radius 2 is 1.76 bits per heavy atom. The Hall–Kier alpha value is -1.84. The fraction of sp³-hybridized carbons (Fsp3) is 0.529. The molecule has 1 N–H and O–H groups in total. The molecule has 116 valence electrons. The van der Waals surface area contributed by atoms with E-state index >= 15 is 0 Å². The number of ether oxygens (including phenoxy) is 1. The van der Waals surface area contributed by atoms with Crippen molar-refractivity contribution in [1.82, 2.24) is 0 Å². The van der Waals surface area contributed by atoms with E-state index in [1.165, 1.54) is 12.8 Å². The first kappa shape index (κ1) is 17.2. The van der Waals surface area contributed by atoms with Crippen molar-refractivity contribution in [3.05, 3.63) is 29.8 Å². The molecule has 1 aromatic rings. The highest BCUT2D eigenvalue weighted by Crippen LogP contribution is 2.15. The predicted octanol–water partition coefficient (Wildman–Crippen LogP) is 3.70. The molecule has 0 aliphatic carbocycles. The number of hydrogen-bond acceptors (Lipinski definition) is 3. The summed E-state index contributed by atoms with van der Waals surface area (Å²) >= 11 is 0. The number of hydrogen-bond donors (Lipinski definition) is 1. The minimum absolute atomic E-state index is 0.311. The number of nitrogens with one attached hydrogen (secondary N) is 1. The minimum Gasteiger partial charge on any atom is -0.459 e. The number of carbonyl (C=O) groups excluding carboxylic acids is 2. The SMILES string of the molecule is CCCCCCCOC(=O)C(=O)Nc1ccccc1CC. The van der Waals surface area contributed by atoms with Crippen LogP contribution in [0.3, 0.4) is 0 Å². The number of aryl methyl sites for hydroxylation is 1. The maximum Gasteiger partial charge on any atom is 0.397 e. The zero-order valence-corrected chi connectivity index (χ0v) is 13.0. The number of amides is 1. The number of carbonyl (C=O) groups is 2.